The highest BCUT2D eigenvalue weighted by molar-refractivity contribution is 5.37. The summed E-state index contributed by atoms with van der Waals surface area (Å²) in [6, 6.07) is 12.2. The number of rotatable bonds is 9. The standard InChI is InChI=1S/C25H29F2N3O3/c1-24(31-2)21(17-28-12-3-14-30-15-13-29-18-30)16-25(33-32-24,19-4-8-22(26)9-5-19)20-6-10-23(27)11-7-20/h4-11,13,15,18,21,28H,3,12,14,16-17H2,1-2H3/t21-,24-/m0/s1. The van der Waals surface area contributed by atoms with Gasteiger partial charge in [-0.05, 0) is 61.7 Å². The van der Waals surface area contributed by atoms with E-state index in [1.807, 2.05) is 17.7 Å². The van der Waals surface area contributed by atoms with Gasteiger partial charge in [0.15, 0.2) is 5.60 Å². The maximum Gasteiger partial charge on any atom is 0.202 e. The van der Waals surface area contributed by atoms with Gasteiger partial charge in [-0.25, -0.2) is 18.7 Å². The summed E-state index contributed by atoms with van der Waals surface area (Å²) in [4.78, 5) is 15.9. The van der Waals surface area contributed by atoms with Crippen molar-refractivity contribution in [2.75, 3.05) is 20.2 Å². The second kappa shape index (κ2) is 10.1. The summed E-state index contributed by atoms with van der Waals surface area (Å²) in [5, 5.41) is 3.50. The molecule has 2 aromatic carbocycles. The quantitative estimate of drug-likeness (QED) is 0.381. The third-order valence-corrected chi connectivity index (χ3v) is 6.37. The van der Waals surface area contributed by atoms with Crippen molar-refractivity contribution in [2.45, 2.75) is 37.7 Å². The molecule has 3 aromatic rings. The molecule has 0 saturated carbocycles. The lowest BCUT2D eigenvalue weighted by molar-refractivity contribution is -0.496. The average Bonchev–Trinajstić information content (AvgIpc) is 3.35. The van der Waals surface area contributed by atoms with Gasteiger partial charge in [0.1, 0.15) is 11.6 Å². The van der Waals surface area contributed by atoms with Crippen molar-refractivity contribution >= 4 is 0 Å². The Morgan fingerprint density at radius 2 is 1.70 bits per heavy atom. The molecule has 176 valence electrons. The molecule has 8 heteroatoms. The third-order valence-electron chi connectivity index (χ3n) is 6.37. The van der Waals surface area contributed by atoms with Gasteiger partial charge in [0.05, 0.1) is 6.33 Å². The van der Waals surface area contributed by atoms with Crippen LogP contribution in [0, 0.1) is 17.6 Å². The number of aryl methyl sites for hydroxylation is 1. The van der Waals surface area contributed by atoms with Crippen LogP contribution in [-0.2, 0) is 26.7 Å². The van der Waals surface area contributed by atoms with Crippen LogP contribution in [0.15, 0.2) is 67.3 Å². The molecular formula is C25H29F2N3O3. The van der Waals surface area contributed by atoms with Crippen molar-refractivity contribution < 1.29 is 23.3 Å². The molecule has 0 spiro atoms. The van der Waals surface area contributed by atoms with Crippen LogP contribution in [0.1, 0.15) is 30.9 Å². The van der Waals surface area contributed by atoms with Crippen LogP contribution >= 0.6 is 0 Å². The fraction of sp³-hybridized carbons (Fsp3) is 0.400. The van der Waals surface area contributed by atoms with Crippen LogP contribution in [0.5, 0.6) is 0 Å². The molecule has 0 amide bonds. The van der Waals surface area contributed by atoms with Crippen LogP contribution in [0.2, 0.25) is 0 Å². The summed E-state index contributed by atoms with van der Waals surface area (Å²) in [5.41, 5.74) is 0.403. The summed E-state index contributed by atoms with van der Waals surface area (Å²) in [5.74, 6) is -1.79. The molecular weight excluding hydrogens is 428 g/mol. The van der Waals surface area contributed by atoms with E-state index in [4.69, 9.17) is 14.5 Å². The summed E-state index contributed by atoms with van der Waals surface area (Å²) >= 11 is 0. The first kappa shape index (κ1) is 23.5. The minimum Gasteiger partial charge on any atom is -0.351 e. The lowest BCUT2D eigenvalue weighted by atomic mass is 9.76. The van der Waals surface area contributed by atoms with E-state index in [2.05, 4.69) is 10.3 Å². The molecule has 1 fully saturated rings. The highest BCUT2D eigenvalue weighted by atomic mass is 19.1. The Bertz CT molecular complexity index is 967. The molecule has 2 atom stereocenters. The van der Waals surface area contributed by atoms with Crippen molar-refractivity contribution in [1.29, 1.82) is 0 Å². The first-order valence-electron chi connectivity index (χ1n) is 11.1. The van der Waals surface area contributed by atoms with E-state index in [0.29, 0.717) is 13.0 Å². The number of benzene rings is 2. The van der Waals surface area contributed by atoms with Crippen LogP contribution in [0.25, 0.3) is 0 Å². The normalized spacial score (nSPS) is 22.4. The molecule has 2 heterocycles. The van der Waals surface area contributed by atoms with Crippen molar-refractivity contribution in [2.24, 2.45) is 5.92 Å². The second-order valence-corrected chi connectivity index (χ2v) is 8.49. The summed E-state index contributed by atoms with van der Waals surface area (Å²) in [6.07, 6.45) is 6.93. The zero-order valence-electron chi connectivity index (χ0n) is 18.8. The fourth-order valence-electron chi connectivity index (χ4n) is 4.27. The number of hydrogen-bond acceptors (Lipinski definition) is 5. The van der Waals surface area contributed by atoms with Gasteiger partial charge in [-0.3, -0.25) is 0 Å². The number of halogens is 2. The molecule has 1 aliphatic heterocycles. The highest BCUT2D eigenvalue weighted by Crippen LogP contribution is 2.47. The molecule has 1 aliphatic rings. The van der Waals surface area contributed by atoms with Gasteiger partial charge in [-0.1, -0.05) is 24.3 Å². The largest absolute Gasteiger partial charge is 0.351 e. The topological polar surface area (TPSA) is 57.5 Å². The number of hydrogen-bond donors (Lipinski definition) is 1. The van der Waals surface area contributed by atoms with E-state index in [1.54, 1.807) is 43.9 Å². The van der Waals surface area contributed by atoms with Crippen LogP contribution < -0.4 is 5.32 Å². The van der Waals surface area contributed by atoms with E-state index >= 15 is 0 Å². The molecule has 4 rings (SSSR count). The summed E-state index contributed by atoms with van der Waals surface area (Å²) in [7, 11) is 1.58. The second-order valence-electron chi connectivity index (χ2n) is 8.49. The Morgan fingerprint density at radius 1 is 1.06 bits per heavy atom. The molecule has 0 radical (unpaired) electrons. The van der Waals surface area contributed by atoms with E-state index in [0.717, 1.165) is 30.6 Å². The summed E-state index contributed by atoms with van der Waals surface area (Å²) < 4.78 is 35.1. The van der Waals surface area contributed by atoms with Gasteiger partial charge in [-0.15, -0.1) is 0 Å². The Hall–Kier alpha value is -2.65. The molecule has 0 unspecified atom stereocenters. The monoisotopic (exact) mass is 457 g/mol. The zero-order valence-corrected chi connectivity index (χ0v) is 18.8. The Kier molecular flexibility index (Phi) is 7.19. The maximum absolute atomic E-state index is 13.7. The molecule has 33 heavy (non-hydrogen) atoms. The molecule has 0 aliphatic carbocycles. The number of methoxy groups -OCH3 is 1. The lowest BCUT2D eigenvalue weighted by Crippen LogP contribution is -2.54. The van der Waals surface area contributed by atoms with Crippen LogP contribution in [-0.4, -0.2) is 35.5 Å². The molecule has 1 N–H and O–H groups in total. The lowest BCUT2D eigenvalue weighted by Gasteiger charge is -2.48. The molecule has 1 aromatic heterocycles. The van der Waals surface area contributed by atoms with Gasteiger partial charge in [0, 0.05) is 38.5 Å². The van der Waals surface area contributed by atoms with E-state index in [-0.39, 0.29) is 17.6 Å². The first-order valence-corrected chi connectivity index (χ1v) is 11.1. The number of ether oxygens (including phenoxy) is 1. The predicted molar refractivity (Wildman–Crippen MR) is 119 cm³/mol. The number of nitrogens with zero attached hydrogens (tertiary/aromatic N) is 2. The zero-order chi connectivity index (χ0) is 23.3. The van der Waals surface area contributed by atoms with Crippen LogP contribution in [0.3, 0.4) is 0 Å². The van der Waals surface area contributed by atoms with Crippen molar-refractivity contribution in [3.63, 3.8) is 0 Å². The Morgan fingerprint density at radius 3 is 2.24 bits per heavy atom. The van der Waals surface area contributed by atoms with Gasteiger partial charge in [0.2, 0.25) is 5.79 Å². The Balaban J connectivity index is 1.55. The van der Waals surface area contributed by atoms with Crippen molar-refractivity contribution in [1.82, 2.24) is 14.9 Å². The number of imidazole rings is 1. The van der Waals surface area contributed by atoms with Crippen molar-refractivity contribution in [3.8, 4) is 0 Å². The third kappa shape index (κ3) is 5.14. The van der Waals surface area contributed by atoms with Gasteiger partial charge >= 0.3 is 0 Å². The van der Waals surface area contributed by atoms with Gasteiger partial charge in [0.25, 0.3) is 0 Å². The smallest absolute Gasteiger partial charge is 0.202 e. The maximum atomic E-state index is 13.7. The summed E-state index contributed by atoms with van der Waals surface area (Å²) in [6.45, 7) is 4.12. The predicted octanol–water partition coefficient (Wildman–Crippen LogP) is 4.42. The average molecular weight is 458 g/mol. The van der Waals surface area contributed by atoms with Crippen LogP contribution in [0.4, 0.5) is 8.78 Å². The molecule has 0 bridgehead atoms. The number of aromatic nitrogens is 2. The van der Waals surface area contributed by atoms with E-state index in [9.17, 15) is 8.78 Å². The molecule has 6 nitrogen and oxygen atoms in total. The van der Waals surface area contributed by atoms with E-state index < -0.39 is 11.4 Å². The van der Waals surface area contributed by atoms with Crippen molar-refractivity contribution in [3.05, 3.63) is 90.0 Å². The molecule has 1 saturated heterocycles. The number of nitrogens with one attached hydrogen (secondary N) is 1. The fourth-order valence-corrected chi connectivity index (χ4v) is 4.27. The SMILES string of the molecule is CO[C@@]1(C)OOC(c2ccc(F)cc2)(c2ccc(F)cc2)C[C@H]1CNCCCn1ccnc1. The highest BCUT2D eigenvalue weighted by Gasteiger charge is 2.52. The van der Waals surface area contributed by atoms with Gasteiger partial charge in [-0.2, -0.15) is 4.89 Å². The first-order chi connectivity index (χ1) is 15.9. The van der Waals surface area contributed by atoms with Gasteiger partial charge < -0.3 is 14.6 Å². The minimum absolute atomic E-state index is 0.111. The minimum atomic E-state index is -1.04. The van der Waals surface area contributed by atoms with E-state index in [1.165, 1.54) is 24.3 Å². The Labute approximate surface area is 192 Å².